The average molecular weight is 210 g/mol. The summed E-state index contributed by atoms with van der Waals surface area (Å²) >= 11 is 0. The summed E-state index contributed by atoms with van der Waals surface area (Å²) in [7, 11) is 0. The Bertz CT molecular complexity index is 300. The predicted octanol–water partition coefficient (Wildman–Crippen LogP) is 1.25. The molecule has 80 valence electrons. The molecular weight excluding hydrogens is 200 g/mol. The van der Waals surface area contributed by atoms with Gasteiger partial charge in [-0.05, 0) is 6.08 Å². The highest BCUT2D eigenvalue weighted by molar-refractivity contribution is 5.35. The van der Waals surface area contributed by atoms with Crippen molar-refractivity contribution in [1.82, 2.24) is 0 Å². The Hall–Kier alpha value is -0.880. The van der Waals surface area contributed by atoms with Gasteiger partial charge >= 0.3 is 0 Å². The largest absolute Gasteiger partial charge is 0.330 e. The first-order valence-electron chi connectivity index (χ1n) is 3.99. The van der Waals surface area contributed by atoms with Crippen molar-refractivity contribution in [2.75, 3.05) is 13.1 Å². The lowest BCUT2D eigenvalue weighted by atomic mass is 9.83. The van der Waals surface area contributed by atoms with Crippen molar-refractivity contribution >= 4 is 0 Å². The molecule has 0 fully saturated rings. The first kappa shape index (κ1) is 11.2. The van der Waals surface area contributed by atoms with E-state index in [1.54, 1.807) is 0 Å². The van der Waals surface area contributed by atoms with Gasteiger partial charge in [-0.1, -0.05) is 0 Å². The van der Waals surface area contributed by atoms with E-state index in [2.05, 4.69) is 0 Å². The second kappa shape index (κ2) is 3.70. The number of nitrogens with two attached hydrogens (primary N) is 2. The Morgan fingerprint density at radius 1 is 1.29 bits per heavy atom. The van der Waals surface area contributed by atoms with Crippen LogP contribution in [0.3, 0.4) is 0 Å². The molecule has 0 amide bonds. The second-order valence-corrected chi connectivity index (χ2v) is 3.05. The number of allylic oxidation sites excluding steroid dienone is 2. The summed E-state index contributed by atoms with van der Waals surface area (Å²) in [6, 6.07) is 0. The number of hydrogen-bond acceptors (Lipinski definition) is 2. The van der Waals surface area contributed by atoms with Crippen molar-refractivity contribution in [2.45, 2.75) is 5.67 Å². The molecule has 0 saturated carbocycles. The van der Waals surface area contributed by atoms with E-state index in [9.17, 15) is 17.6 Å². The molecule has 1 rings (SSSR count). The van der Waals surface area contributed by atoms with Crippen molar-refractivity contribution in [1.29, 1.82) is 0 Å². The summed E-state index contributed by atoms with van der Waals surface area (Å²) in [5.74, 6) is -6.34. The highest BCUT2D eigenvalue weighted by Crippen LogP contribution is 2.41. The lowest BCUT2D eigenvalue weighted by Crippen LogP contribution is -2.46. The zero-order valence-electron chi connectivity index (χ0n) is 7.24. The molecule has 0 radical (unpaired) electrons. The second-order valence-electron chi connectivity index (χ2n) is 3.05. The third-order valence-electron chi connectivity index (χ3n) is 2.25. The van der Waals surface area contributed by atoms with E-state index in [1.165, 1.54) is 0 Å². The van der Waals surface area contributed by atoms with Gasteiger partial charge in [-0.3, -0.25) is 0 Å². The van der Waals surface area contributed by atoms with Crippen molar-refractivity contribution in [3.8, 4) is 0 Å². The maximum atomic E-state index is 13.7. The molecule has 0 aliphatic heterocycles. The molecule has 0 aromatic carbocycles. The number of halogens is 4. The molecule has 1 aliphatic carbocycles. The van der Waals surface area contributed by atoms with Gasteiger partial charge in [0.1, 0.15) is 0 Å². The minimum atomic E-state index is -2.73. The van der Waals surface area contributed by atoms with Crippen LogP contribution < -0.4 is 11.5 Å². The van der Waals surface area contributed by atoms with E-state index >= 15 is 0 Å². The quantitative estimate of drug-likeness (QED) is 0.674. The van der Waals surface area contributed by atoms with Gasteiger partial charge in [0.25, 0.3) is 0 Å². The first-order chi connectivity index (χ1) is 6.47. The Labute approximate surface area is 78.3 Å². The standard InChI is InChI=1S/C8H10F4N2/c9-5-1-4(2-13)8(12,3-14)7(11)6(5)10/h1,4H,2-3,13-14H2. The lowest BCUT2D eigenvalue weighted by Gasteiger charge is -2.31. The minimum Gasteiger partial charge on any atom is -0.330 e. The first-order valence-corrected chi connectivity index (χ1v) is 3.99. The van der Waals surface area contributed by atoms with Gasteiger partial charge in [-0.25, -0.2) is 17.6 Å². The molecule has 2 nitrogen and oxygen atoms in total. The smallest absolute Gasteiger partial charge is 0.193 e. The van der Waals surface area contributed by atoms with E-state index < -0.39 is 35.6 Å². The van der Waals surface area contributed by atoms with Gasteiger partial charge in [0.05, 0.1) is 0 Å². The molecule has 4 N–H and O–H groups in total. The summed E-state index contributed by atoms with van der Waals surface area (Å²) in [5.41, 5.74) is 7.36. The molecule has 6 heteroatoms. The number of hydrogen-bond donors (Lipinski definition) is 2. The fraction of sp³-hybridized carbons (Fsp3) is 0.500. The highest BCUT2D eigenvalue weighted by Gasteiger charge is 2.46. The fourth-order valence-corrected chi connectivity index (χ4v) is 1.33. The topological polar surface area (TPSA) is 52.0 Å². The molecule has 1 aliphatic rings. The van der Waals surface area contributed by atoms with E-state index in [0.717, 1.165) is 0 Å². The Morgan fingerprint density at radius 2 is 1.86 bits per heavy atom. The van der Waals surface area contributed by atoms with Crippen LogP contribution in [0.2, 0.25) is 0 Å². The Kier molecular flexibility index (Phi) is 2.96. The molecule has 0 spiro atoms. The molecule has 0 saturated heterocycles. The predicted molar refractivity (Wildman–Crippen MR) is 43.9 cm³/mol. The summed E-state index contributed by atoms with van der Waals surface area (Å²) in [6.45, 7) is -1.13. The van der Waals surface area contributed by atoms with Gasteiger partial charge in [-0.2, -0.15) is 0 Å². The maximum absolute atomic E-state index is 13.7. The molecule has 0 aromatic heterocycles. The number of rotatable bonds is 2. The molecular formula is C8H10F4N2. The molecule has 0 bridgehead atoms. The van der Waals surface area contributed by atoms with Crippen LogP contribution in [0.25, 0.3) is 0 Å². The monoisotopic (exact) mass is 210 g/mol. The summed E-state index contributed by atoms with van der Waals surface area (Å²) in [4.78, 5) is 0. The molecule has 0 aromatic rings. The average Bonchev–Trinajstić information content (AvgIpc) is 2.20. The normalized spacial score (nSPS) is 33.3. The van der Waals surface area contributed by atoms with Gasteiger partial charge in [0.2, 0.25) is 0 Å². The SMILES string of the molecule is NCC1C=C(F)C(F)=C(F)C1(F)CN. The van der Waals surface area contributed by atoms with Crippen molar-refractivity contribution in [2.24, 2.45) is 17.4 Å². The van der Waals surface area contributed by atoms with Gasteiger partial charge in [-0.15, -0.1) is 0 Å². The van der Waals surface area contributed by atoms with Gasteiger partial charge in [0, 0.05) is 19.0 Å². The molecule has 0 heterocycles. The van der Waals surface area contributed by atoms with Crippen LogP contribution in [-0.4, -0.2) is 18.8 Å². The molecule has 14 heavy (non-hydrogen) atoms. The van der Waals surface area contributed by atoms with Crippen LogP contribution in [0.5, 0.6) is 0 Å². The van der Waals surface area contributed by atoms with Crippen LogP contribution in [0.4, 0.5) is 17.6 Å². The van der Waals surface area contributed by atoms with Crippen LogP contribution in [0.1, 0.15) is 0 Å². The van der Waals surface area contributed by atoms with Crippen molar-refractivity contribution in [3.05, 3.63) is 23.6 Å². The highest BCUT2D eigenvalue weighted by atomic mass is 19.2. The van der Waals surface area contributed by atoms with E-state index in [4.69, 9.17) is 11.5 Å². The van der Waals surface area contributed by atoms with Crippen LogP contribution in [-0.2, 0) is 0 Å². The van der Waals surface area contributed by atoms with E-state index in [0.29, 0.717) is 6.08 Å². The van der Waals surface area contributed by atoms with Crippen LogP contribution in [0, 0.1) is 5.92 Å². The summed E-state index contributed by atoms with van der Waals surface area (Å²) in [6.07, 6.45) is 0.616. The Morgan fingerprint density at radius 3 is 2.29 bits per heavy atom. The summed E-state index contributed by atoms with van der Waals surface area (Å²) < 4.78 is 52.1. The maximum Gasteiger partial charge on any atom is 0.193 e. The van der Waals surface area contributed by atoms with Gasteiger partial charge in [0.15, 0.2) is 23.1 Å². The number of alkyl halides is 1. The fourth-order valence-electron chi connectivity index (χ4n) is 1.33. The van der Waals surface area contributed by atoms with Crippen LogP contribution >= 0.6 is 0 Å². The Balaban J connectivity index is 3.19. The third-order valence-corrected chi connectivity index (χ3v) is 2.25. The van der Waals surface area contributed by atoms with E-state index in [1.807, 2.05) is 0 Å². The minimum absolute atomic E-state index is 0.345. The molecule has 2 atom stereocenters. The van der Waals surface area contributed by atoms with Crippen LogP contribution in [0.15, 0.2) is 23.6 Å². The zero-order chi connectivity index (χ0) is 10.9. The van der Waals surface area contributed by atoms with E-state index in [-0.39, 0.29) is 6.54 Å². The summed E-state index contributed by atoms with van der Waals surface area (Å²) in [5, 5.41) is 0. The van der Waals surface area contributed by atoms with Crippen molar-refractivity contribution < 1.29 is 17.6 Å². The molecule has 2 unspecified atom stereocenters. The van der Waals surface area contributed by atoms with Crippen molar-refractivity contribution in [3.63, 3.8) is 0 Å². The lowest BCUT2D eigenvalue weighted by molar-refractivity contribution is 0.119. The zero-order valence-corrected chi connectivity index (χ0v) is 7.24. The van der Waals surface area contributed by atoms with Gasteiger partial charge < -0.3 is 11.5 Å². The third kappa shape index (κ3) is 1.44.